The van der Waals surface area contributed by atoms with Gasteiger partial charge in [0.25, 0.3) is 5.69 Å². The summed E-state index contributed by atoms with van der Waals surface area (Å²) in [4.78, 5) is 36.3. The maximum Gasteiger partial charge on any atom is 0.337 e. The highest BCUT2D eigenvalue weighted by Crippen LogP contribution is 2.23. The molecule has 1 aliphatic rings. The maximum atomic E-state index is 12.1. The predicted molar refractivity (Wildman–Crippen MR) is 114 cm³/mol. The number of urea groups is 1. The van der Waals surface area contributed by atoms with Gasteiger partial charge in [0, 0.05) is 48.0 Å². The molecule has 1 heterocycles. The van der Waals surface area contributed by atoms with Crippen LogP contribution in [0.4, 0.5) is 21.9 Å². The van der Waals surface area contributed by atoms with Gasteiger partial charge in [0.05, 0.1) is 4.92 Å². The van der Waals surface area contributed by atoms with Crippen LogP contribution in [0, 0.1) is 10.1 Å². The SMILES string of the molecule is O=C(CC1=CCN(c2ccc([N+](=O)[O-])cc2)CC1)NNC(=O)Nc1ccc(Cl)cc1. The molecule has 0 aromatic heterocycles. The van der Waals surface area contributed by atoms with Gasteiger partial charge in [-0.1, -0.05) is 23.3 Å². The van der Waals surface area contributed by atoms with Crippen LogP contribution in [0.3, 0.4) is 0 Å². The number of anilines is 2. The first-order valence-electron chi connectivity index (χ1n) is 9.19. The second kappa shape index (κ2) is 9.75. The minimum atomic E-state index is -0.562. The van der Waals surface area contributed by atoms with Crippen molar-refractivity contribution in [3.05, 3.63) is 75.3 Å². The molecule has 156 valence electrons. The van der Waals surface area contributed by atoms with Gasteiger partial charge < -0.3 is 10.2 Å². The van der Waals surface area contributed by atoms with Gasteiger partial charge in [0.15, 0.2) is 0 Å². The summed E-state index contributed by atoms with van der Waals surface area (Å²) in [5, 5.41) is 13.9. The number of carbonyl (C=O) groups excluding carboxylic acids is 2. The van der Waals surface area contributed by atoms with Crippen LogP contribution >= 0.6 is 11.6 Å². The van der Waals surface area contributed by atoms with Crippen molar-refractivity contribution < 1.29 is 14.5 Å². The lowest BCUT2D eigenvalue weighted by molar-refractivity contribution is -0.384. The molecule has 9 nitrogen and oxygen atoms in total. The lowest BCUT2D eigenvalue weighted by Crippen LogP contribution is -2.44. The molecular weight excluding hydrogens is 410 g/mol. The molecule has 0 radical (unpaired) electrons. The van der Waals surface area contributed by atoms with Crippen LogP contribution in [0.1, 0.15) is 12.8 Å². The molecular formula is C20H20ClN5O4. The zero-order valence-corrected chi connectivity index (χ0v) is 16.7. The molecule has 0 unspecified atom stereocenters. The molecule has 0 bridgehead atoms. The minimum Gasteiger partial charge on any atom is -0.367 e. The first-order chi connectivity index (χ1) is 14.4. The highest BCUT2D eigenvalue weighted by molar-refractivity contribution is 6.30. The van der Waals surface area contributed by atoms with Crippen molar-refractivity contribution in [3.63, 3.8) is 0 Å². The van der Waals surface area contributed by atoms with E-state index in [1.807, 2.05) is 6.08 Å². The van der Waals surface area contributed by atoms with Gasteiger partial charge in [-0.2, -0.15) is 0 Å². The molecule has 10 heteroatoms. The van der Waals surface area contributed by atoms with Gasteiger partial charge in [-0.15, -0.1) is 0 Å². The minimum absolute atomic E-state index is 0.0521. The maximum absolute atomic E-state index is 12.1. The van der Waals surface area contributed by atoms with Crippen molar-refractivity contribution in [1.82, 2.24) is 10.9 Å². The number of benzene rings is 2. The third kappa shape index (κ3) is 5.95. The predicted octanol–water partition coefficient (Wildman–Crippen LogP) is 3.63. The number of carbonyl (C=O) groups is 2. The molecule has 2 aromatic carbocycles. The summed E-state index contributed by atoms with van der Waals surface area (Å²) in [6.45, 7) is 1.30. The van der Waals surface area contributed by atoms with E-state index in [0.29, 0.717) is 30.2 Å². The van der Waals surface area contributed by atoms with E-state index in [-0.39, 0.29) is 18.0 Å². The van der Waals surface area contributed by atoms with E-state index in [0.717, 1.165) is 11.3 Å². The molecule has 3 rings (SSSR count). The second-order valence-electron chi connectivity index (χ2n) is 6.64. The molecule has 0 saturated carbocycles. The Morgan fingerprint density at radius 1 is 1.07 bits per heavy atom. The number of amides is 3. The number of nitro benzene ring substituents is 1. The Hall–Kier alpha value is -3.59. The van der Waals surface area contributed by atoms with Gasteiger partial charge in [0.1, 0.15) is 0 Å². The zero-order chi connectivity index (χ0) is 21.5. The summed E-state index contributed by atoms with van der Waals surface area (Å²) < 4.78 is 0. The number of rotatable bonds is 5. The van der Waals surface area contributed by atoms with Crippen molar-refractivity contribution in [3.8, 4) is 0 Å². The number of nitro groups is 1. The summed E-state index contributed by atoms with van der Waals surface area (Å²) in [7, 11) is 0. The smallest absolute Gasteiger partial charge is 0.337 e. The van der Waals surface area contributed by atoms with Crippen molar-refractivity contribution in [2.75, 3.05) is 23.3 Å². The second-order valence-corrected chi connectivity index (χ2v) is 7.08. The molecule has 3 amide bonds. The van der Waals surface area contributed by atoms with Gasteiger partial charge in [-0.05, 0) is 42.8 Å². The number of non-ortho nitro benzene ring substituents is 1. The lowest BCUT2D eigenvalue weighted by Gasteiger charge is -2.28. The molecule has 3 N–H and O–H groups in total. The Balaban J connectivity index is 1.43. The zero-order valence-electron chi connectivity index (χ0n) is 15.9. The van der Waals surface area contributed by atoms with E-state index in [1.54, 1.807) is 36.4 Å². The molecule has 0 saturated heterocycles. The van der Waals surface area contributed by atoms with Crippen LogP contribution < -0.4 is 21.1 Å². The monoisotopic (exact) mass is 429 g/mol. The van der Waals surface area contributed by atoms with Crippen LogP contribution in [0.2, 0.25) is 5.02 Å². The highest BCUT2D eigenvalue weighted by Gasteiger charge is 2.16. The third-order valence-corrected chi connectivity index (χ3v) is 4.79. The van der Waals surface area contributed by atoms with Gasteiger partial charge >= 0.3 is 6.03 Å². The summed E-state index contributed by atoms with van der Waals surface area (Å²) in [5.41, 5.74) is 7.14. The van der Waals surface area contributed by atoms with Crippen molar-refractivity contribution in [2.45, 2.75) is 12.8 Å². The Morgan fingerprint density at radius 3 is 2.37 bits per heavy atom. The third-order valence-electron chi connectivity index (χ3n) is 4.53. The Bertz CT molecular complexity index is 960. The number of hydrogen-bond acceptors (Lipinski definition) is 5. The first-order valence-corrected chi connectivity index (χ1v) is 9.57. The van der Waals surface area contributed by atoms with Gasteiger partial charge in [0.2, 0.25) is 5.91 Å². The Morgan fingerprint density at radius 2 is 1.77 bits per heavy atom. The van der Waals surface area contributed by atoms with E-state index in [1.165, 1.54) is 12.1 Å². The summed E-state index contributed by atoms with van der Waals surface area (Å²) in [6, 6.07) is 12.4. The Kier molecular flexibility index (Phi) is 6.87. The van der Waals surface area contributed by atoms with E-state index >= 15 is 0 Å². The number of nitrogens with zero attached hydrogens (tertiary/aromatic N) is 2. The van der Waals surface area contributed by atoms with Crippen LogP contribution in [-0.2, 0) is 4.79 Å². The first kappa shape index (κ1) is 21.1. The van der Waals surface area contributed by atoms with E-state index in [4.69, 9.17) is 11.6 Å². The fourth-order valence-electron chi connectivity index (χ4n) is 2.96. The van der Waals surface area contributed by atoms with E-state index < -0.39 is 11.0 Å². The quantitative estimate of drug-likeness (QED) is 0.381. The topological polar surface area (TPSA) is 117 Å². The summed E-state index contributed by atoms with van der Waals surface area (Å²) >= 11 is 5.79. The van der Waals surface area contributed by atoms with Crippen LogP contribution in [0.15, 0.2) is 60.2 Å². The molecule has 0 atom stereocenters. The highest BCUT2D eigenvalue weighted by atomic mass is 35.5. The molecule has 30 heavy (non-hydrogen) atoms. The molecule has 0 spiro atoms. The van der Waals surface area contributed by atoms with E-state index in [2.05, 4.69) is 21.1 Å². The molecule has 1 aliphatic heterocycles. The summed E-state index contributed by atoms with van der Waals surface area (Å²) in [6.07, 6.45) is 2.81. The summed E-state index contributed by atoms with van der Waals surface area (Å²) in [5.74, 6) is -0.323. The van der Waals surface area contributed by atoms with Crippen molar-refractivity contribution in [1.29, 1.82) is 0 Å². The van der Waals surface area contributed by atoms with Crippen molar-refractivity contribution in [2.24, 2.45) is 0 Å². The van der Waals surface area contributed by atoms with Crippen LogP contribution in [-0.4, -0.2) is 30.0 Å². The fourth-order valence-corrected chi connectivity index (χ4v) is 3.09. The largest absolute Gasteiger partial charge is 0.367 e. The van der Waals surface area contributed by atoms with Crippen LogP contribution in [0.5, 0.6) is 0 Å². The van der Waals surface area contributed by atoms with Crippen molar-refractivity contribution >= 4 is 40.6 Å². The molecule has 0 aliphatic carbocycles. The van der Waals surface area contributed by atoms with Gasteiger partial charge in [-0.3, -0.25) is 20.3 Å². The standard InChI is InChI=1S/C20H20ClN5O4/c21-15-1-3-16(4-2-15)22-20(28)24-23-19(27)13-14-9-11-25(12-10-14)17-5-7-18(8-6-17)26(29)30/h1-9H,10-13H2,(H,23,27)(H2,22,24,28). The fraction of sp³-hybridized carbons (Fsp3) is 0.200. The lowest BCUT2D eigenvalue weighted by atomic mass is 10.0. The number of nitrogens with one attached hydrogen (secondary N) is 3. The number of halogens is 1. The molecule has 0 fully saturated rings. The average Bonchev–Trinajstić information content (AvgIpc) is 2.74. The number of hydrazine groups is 1. The van der Waals surface area contributed by atoms with Crippen LogP contribution in [0.25, 0.3) is 0 Å². The normalized spacial score (nSPS) is 13.2. The number of hydrogen-bond donors (Lipinski definition) is 3. The molecule has 2 aromatic rings. The van der Waals surface area contributed by atoms with E-state index in [9.17, 15) is 19.7 Å². The van der Waals surface area contributed by atoms with Gasteiger partial charge in [-0.25, -0.2) is 10.2 Å². The Labute approximate surface area is 177 Å². The average molecular weight is 430 g/mol.